The average molecular weight is 422 g/mol. The van der Waals surface area contributed by atoms with Crippen molar-refractivity contribution in [1.82, 2.24) is 0 Å². The monoisotopic (exact) mass is 420 g/mol. The third-order valence-electron chi connectivity index (χ3n) is 3.09. The van der Waals surface area contributed by atoms with E-state index in [1.165, 1.54) is 12.1 Å². The first kappa shape index (κ1) is 19.9. The van der Waals surface area contributed by atoms with E-state index in [4.69, 9.17) is 55.9 Å². The number of rotatable bonds is 5. The molecule has 0 radical (unpaired) electrons. The maximum Gasteiger partial charge on any atom is 0.311 e. The van der Waals surface area contributed by atoms with Crippen LogP contribution >= 0.6 is 46.4 Å². The van der Waals surface area contributed by atoms with Crippen molar-refractivity contribution in [2.75, 3.05) is 0 Å². The summed E-state index contributed by atoms with van der Waals surface area (Å²) < 4.78 is 10.2. The lowest BCUT2D eigenvalue weighted by atomic mass is 10.2. The van der Waals surface area contributed by atoms with E-state index in [0.29, 0.717) is 10.8 Å². The first-order valence-electron chi connectivity index (χ1n) is 7.08. The molecule has 0 spiro atoms. The number of ether oxygens (including phenoxy) is 2. The first-order valence-corrected chi connectivity index (χ1v) is 8.59. The number of carbonyl (C=O) groups is 2. The number of esters is 2. The third kappa shape index (κ3) is 5.79. The van der Waals surface area contributed by atoms with Crippen LogP contribution in [0.15, 0.2) is 30.3 Å². The summed E-state index contributed by atoms with van der Waals surface area (Å²) in [6.07, 6.45) is -0.332. The second-order valence-electron chi connectivity index (χ2n) is 5.06. The standard InChI is InChI=1S/C17H12Cl4O4/c1-9-6-10(2-3-11(9)18)24-16(22)4-5-17(23)25-15-8-13(20)12(19)7-14(15)21/h2-3,6-8H,4-5H2,1H3. The molecule has 0 atom stereocenters. The van der Waals surface area contributed by atoms with Crippen molar-refractivity contribution in [3.8, 4) is 11.5 Å². The predicted octanol–water partition coefficient (Wildman–Crippen LogP) is 5.90. The molecule has 2 aromatic carbocycles. The van der Waals surface area contributed by atoms with E-state index in [0.717, 1.165) is 5.56 Å². The SMILES string of the molecule is Cc1cc(OC(=O)CCC(=O)Oc2cc(Cl)c(Cl)cc2Cl)ccc1Cl. The quantitative estimate of drug-likeness (QED) is 0.342. The first-order chi connectivity index (χ1) is 11.8. The van der Waals surface area contributed by atoms with Crippen LogP contribution in [0.4, 0.5) is 0 Å². The van der Waals surface area contributed by atoms with Crippen LogP contribution in [0.5, 0.6) is 11.5 Å². The van der Waals surface area contributed by atoms with Crippen LogP contribution in [-0.2, 0) is 9.59 Å². The maximum atomic E-state index is 11.8. The number of hydrogen-bond acceptors (Lipinski definition) is 4. The van der Waals surface area contributed by atoms with Gasteiger partial charge in [0.1, 0.15) is 5.75 Å². The van der Waals surface area contributed by atoms with Crippen molar-refractivity contribution >= 4 is 58.3 Å². The molecule has 0 aliphatic carbocycles. The van der Waals surface area contributed by atoms with Gasteiger partial charge in [0.2, 0.25) is 0 Å². The van der Waals surface area contributed by atoms with Crippen molar-refractivity contribution in [2.45, 2.75) is 19.8 Å². The van der Waals surface area contributed by atoms with E-state index in [-0.39, 0.29) is 33.7 Å². The van der Waals surface area contributed by atoms with Crippen molar-refractivity contribution in [3.63, 3.8) is 0 Å². The van der Waals surface area contributed by atoms with Crippen molar-refractivity contribution < 1.29 is 19.1 Å². The molecule has 0 saturated carbocycles. The van der Waals surface area contributed by atoms with Gasteiger partial charge in [0.25, 0.3) is 0 Å². The second kappa shape index (κ2) is 8.77. The second-order valence-corrected chi connectivity index (χ2v) is 6.68. The van der Waals surface area contributed by atoms with Crippen LogP contribution in [-0.4, -0.2) is 11.9 Å². The summed E-state index contributed by atoms with van der Waals surface area (Å²) in [6.45, 7) is 1.79. The minimum absolute atomic E-state index is 0.0720. The molecule has 0 unspecified atom stereocenters. The zero-order chi connectivity index (χ0) is 18.6. The molecular formula is C17H12Cl4O4. The Morgan fingerprint density at radius 3 is 2.04 bits per heavy atom. The highest BCUT2D eigenvalue weighted by atomic mass is 35.5. The Labute approximate surface area is 164 Å². The topological polar surface area (TPSA) is 52.6 Å². The fraction of sp³-hybridized carbons (Fsp3) is 0.176. The lowest BCUT2D eigenvalue weighted by Gasteiger charge is -2.08. The summed E-state index contributed by atoms with van der Waals surface area (Å²) in [7, 11) is 0. The van der Waals surface area contributed by atoms with Crippen molar-refractivity contribution in [2.24, 2.45) is 0 Å². The highest BCUT2D eigenvalue weighted by Crippen LogP contribution is 2.34. The van der Waals surface area contributed by atoms with E-state index in [2.05, 4.69) is 0 Å². The van der Waals surface area contributed by atoms with Gasteiger partial charge in [-0.2, -0.15) is 0 Å². The van der Waals surface area contributed by atoms with E-state index >= 15 is 0 Å². The van der Waals surface area contributed by atoms with Gasteiger partial charge in [-0.25, -0.2) is 0 Å². The summed E-state index contributed by atoms with van der Waals surface area (Å²) in [5.74, 6) is -0.793. The Morgan fingerprint density at radius 2 is 1.40 bits per heavy atom. The van der Waals surface area contributed by atoms with Gasteiger partial charge in [-0.05, 0) is 36.8 Å². The molecule has 0 amide bonds. The van der Waals surface area contributed by atoms with Crippen LogP contribution in [0.25, 0.3) is 0 Å². The zero-order valence-corrected chi connectivity index (χ0v) is 16.0. The molecule has 2 aromatic rings. The zero-order valence-electron chi connectivity index (χ0n) is 12.9. The molecular weight excluding hydrogens is 410 g/mol. The number of aryl methyl sites for hydroxylation is 1. The minimum atomic E-state index is -0.649. The van der Waals surface area contributed by atoms with Gasteiger partial charge in [0, 0.05) is 11.1 Å². The lowest BCUT2D eigenvalue weighted by molar-refractivity contribution is -0.140. The predicted molar refractivity (Wildman–Crippen MR) is 98.2 cm³/mol. The molecule has 4 nitrogen and oxygen atoms in total. The van der Waals surface area contributed by atoms with E-state index < -0.39 is 11.9 Å². The van der Waals surface area contributed by atoms with Gasteiger partial charge in [0.05, 0.1) is 27.9 Å². The molecule has 0 heterocycles. The van der Waals surface area contributed by atoms with Crippen LogP contribution in [0, 0.1) is 6.92 Å². The molecule has 0 aliphatic heterocycles. The highest BCUT2D eigenvalue weighted by molar-refractivity contribution is 6.43. The van der Waals surface area contributed by atoms with Crippen LogP contribution in [0.2, 0.25) is 20.1 Å². The number of benzene rings is 2. The van der Waals surface area contributed by atoms with Crippen molar-refractivity contribution in [1.29, 1.82) is 0 Å². The Kier molecular flexibility index (Phi) is 6.96. The maximum absolute atomic E-state index is 11.8. The molecule has 0 bridgehead atoms. The van der Waals surface area contributed by atoms with Gasteiger partial charge >= 0.3 is 11.9 Å². The summed E-state index contributed by atoms with van der Waals surface area (Å²) in [4.78, 5) is 23.6. The molecule has 0 fully saturated rings. The molecule has 0 N–H and O–H groups in total. The number of halogens is 4. The fourth-order valence-corrected chi connectivity index (χ4v) is 2.52. The molecule has 2 rings (SSSR count). The largest absolute Gasteiger partial charge is 0.427 e. The van der Waals surface area contributed by atoms with E-state index in [1.54, 1.807) is 25.1 Å². The van der Waals surface area contributed by atoms with Gasteiger partial charge in [-0.15, -0.1) is 0 Å². The molecule has 0 saturated heterocycles. The van der Waals surface area contributed by atoms with Gasteiger partial charge < -0.3 is 9.47 Å². The Balaban J connectivity index is 1.88. The number of carbonyl (C=O) groups excluding carboxylic acids is 2. The smallest absolute Gasteiger partial charge is 0.311 e. The Morgan fingerprint density at radius 1 is 0.800 bits per heavy atom. The molecule has 0 aromatic heterocycles. The molecule has 132 valence electrons. The molecule has 8 heteroatoms. The van der Waals surface area contributed by atoms with Gasteiger partial charge in [0.15, 0.2) is 5.75 Å². The van der Waals surface area contributed by atoms with Crippen LogP contribution in [0.3, 0.4) is 0 Å². The Hall–Kier alpha value is -1.46. The summed E-state index contributed by atoms with van der Waals surface area (Å²) in [5.41, 5.74) is 0.778. The normalized spacial score (nSPS) is 10.4. The van der Waals surface area contributed by atoms with Gasteiger partial charge in [-0.3, -0.25) is 9.59 Å². The number of hydrogen-bond donors (Lipinski definition) is 0. The fourth-order valence-electron chi connectivity index (χ4n) is 1.82. The van der Waals surface area contributed by atoms with Crippen LogP contribution < -0.4 is 9.47 Å². The third-order valence-corrected chi connectivity index (χ3v) is 4.53. The van der Waals surface area contributed by atoms with Crippen molar-refractivity contribution in [3.05, 3.63) is 56.0 Å². The Bertz CT molecular complexity index is 821. The van der Waals surface area contributed by atoms with E-state index in [9.17, 15) is 9.59 Å². The molecule has 25 heavy (non-hydrogen) atoms. The minimum Gasteiger partial charge on any atom is -0.427 e. The summed E-state index contributed by atoms with van der Waals surface area (Å²) in [6, 6.07) is 7.53. The lowest BCUT2D eigenvalue weighted by Crippen LogP contribution is -2.14. The van der Waals surface area contributed by atoms with Gasteiger partial charge in [-0.1, -0.05) is 46.4 Å². The summed E-state index contributed by atoms with van der Waals surface area (Å²) >= 11 is 23.5. The molecule has 0 aliphatic rings. The van der Waals surface area contributed by atoms with E-state index in [1.807, 2.05) is 0 Å². The summed E-state index contributed by atoms with van der Waals surface area (Å²) in [5, 5.41) is 1.16. The highest BCUT2D eigenvalue weighted by Gasteiger charge is 2.14. The average Bonchev–Trinajstić information content (AvgIpc) is 2.54. The van der Waals surface area contributed by atoms with Crippen LogP contribution in [0.1, 0.15) is 18.4 Å².